The Balaban J connectivity index is 2.11. The molecule has 4 heteroatoms. The van der Waals surface area contributed by atoms with Crippen molar-refractivity contribution in [3.63, 3.8) is 0 Å². The van der Waals surface area contributed by atoms with Crippen LogP contribution in [-0.4, -0.2) is 15.0 Å². The Kier molecular flexibility index (Phi) is 4.55. The molecule has 1 aromatic heterocycles. The first-order valence-electron chi connectivity index (χ1n) is 9.50. The van der Waals surface area contributed by atoms with Crippen LogP contribution in [0.3, 0.4) is 0 Å². The predicted octanol–water partition coefficient (Wildman–Crippen LogP) is 5.93. The van der Waals surface area contributed by atoms with E-state index in [0.29, 0.717) is 5.75 Å². The molecule has 0 radical (unpaired) electrons. The molecule has 0 aliphatic carbocycles. The van der Waals surface area contributed by atoms with Crippen molar-refractivity contribution >= 4 is 16.7 Å². The number of H-pyrrole nitrogens is 1. The summed E-state index contributed by atoms with van der Waals surface area (Å²) in [6.45, 7) is 13.2. The Morgan fingerprint density at radius 2 is 1.65 bits per heavy atom. The van der Waals surface area contributed by atoms with Gasteiger partial charge < -0.3 is 5.11 Å². The number of aromatic nitrogens is 2. The van der Waals surface area contributed by atoms with Gasteiger partial charge >= 0.3 is 0 Å². The number of fused-ring (bicyclic) bond motifs is 1. The number of aromatic hydroxyl groups is 1. The fraction of sp³-hybridized carbons (Fsp3) is 0.455. The van der Waals surface area contributed by atoms with Gasteiger partial charge in [0, 0.05) is 5.56 Å². The highest BCUT2D eigenvalue weighted by Crippen LogP contribution is 2.42. The molecule has 26 heavy (non-hydrogen) atoms. The second kappa shape index (κ2) is 6.42. The Bertz CT molecular complexity index is 915. The van der Waals surface area contributed by atoms with Gasteiger partial charge in [0.15, 0.2) is 0 Å². The lowest BCUT2D eigenvalue weighted by molar-refractivity contribution is 0.426. The summed E-state index contributed by atoms with van der Waals surface area (Å²) in [6.07, 6.45) is 1.99. The van der Waals surface area contributed by atoms with E-state index in [1.807, 2.05) is 29.1 Å². The second-order valence-electron chi connectivity index (χ2n) is 8.47. The zero-order chi connectivity index (χ0) is 19.1. The van der Waals surface area contributed by atoms with Crippen molar-refractivity contribution in [2.75, 3.05) is 5.43 Å². The standard InChI is InChI=1S/C22H31N3O/c1-7-21(3,4)15-13-16(22(5,6)8-2)20(26)18(14-15)24-25-19-12-10-9-11-17(19)23-25/h9-14,23-24,26H,7-8H2,1-6H3. The van der Waals surface area contributed by atoms with Crippen molar-refractivity contribution in [2.45, 2.75) is 65.2 Å². The summed E-state index contributed by atoms with van der Waals surface area (Å²) in [7, 11) is 0. The van der Waals surface area contributed by atoms with Gasteiger partial charge in [-0.25, -0.2) is 0 Å². The summed E-state index contributed by atoms with van der Waals surface area (Å²) in [5, 5.41) is 14.3. The van der Waals surface area contributed by atoms with Crippen LogP contribution in [-0.2, 0) is 10.8 Å². The molecule has 3 rings (SSSR count). The smallest absolute Gasteiger partial charge is 0.144 e. The number of nitrogens with one attached hydrogen (secondary N) is 2. The monoisotopic (exact) mass is 353 g/mol. The number of benzene rings is 2. The molecular formula is C22H31N3O. The zero-order valence-corrected chi connectivity index (χ0v) is 16.8. The summed E-state index contributed by atoms with van der Waals surface area (Å²) in [5.74, 6) is 0.332. The van der Waals surface area contributed by atoms with Crippen molar-refractivity contribution in [1.82, 2.24) is 9.89 Å². The minimum absolute atomic E-state index is 0.0446. The van der Waals surface area contributed by atoms with E-state index in [1.165, 1.54) is 5.56 Å². The Morgan fingerprint density at radius 3 is 2.27 bits per heavy atom. The SMILES string of the molecule is CCC(C)(C)c1cc(Nn2[nH]c3ccccc32)c(O)c(C(C)(C)CC)c1. The van der Waals surface area contributed by atoms with Crippen molar-refractivity contribution in [1.29, 1.82) is 0 Å². The summed E-state index contributed by atoms with van der Waals surface area (Å²) in [4.78, 5) is 1.86. The molecule has 0 atom stereocenters. The number of rotatable bonds is 6. The lowest BCUT2D eigenvalue weighted by atomic mass is 9.76. The number of aromatic amines is 1. The third kappa shape index (κ3) is 3.09. The van der Waals surface area contributed by atoms with Crippen LogP contribution in [0.2, 0.25) is 0 Å². The summed E-state index contributed by atoms with van der Waals surface area (Å²) < 4.78 is 0. The Labute approximate surface area is 156 Å². The number of hydrogen-bond donors (Lipinski definition) is 3. The average Bonchev–Trinajstić information content (AvgIpc) is 2.60. The van der Waals surface area contributed by atoms with Crippen LogP contribution in [0.5, 0.6) is 5.75 Å². The van der Waals surface area contributed by atoms with Gasteiger partial charge in [0.2, 0.25) is 0 Å². The fourth-order valence-corrected chi connectivity index (χ4v) is 3.12. The largest absolute Gasteiger partial charge is 0.505 e. The first-order chi connectivity index (χ1) is 12.2. The first-order valence-corrected chi connectivity index (χ1v) is 9.50. The number of para-hydroxylation sites is 2. The van der Waals surface area contributed by atoms with E-state index in [4.69, 9.17) is 0 Å². The maximum atomic E-state index is 11.0. The molecule has 0 saturated heterocycles. The highest BCUT2D eigenvalue weighted by molar-refractivity contribution is 5.78. The van der Waals surface area contributed by atoms with Gasteiger partial charge in [-0.15, -0.1) is 0 Å². The molecule has 3 N–H and O–H groups in total. The maximum absolute atomic E-state index is 11.0. The van der Waals surface area contributed by atoms with E-state index in [-0.39, 0.29) is 10.8 Å². The minimum Gasteiger partial charge on any atom is -0.505 e. The summed E-state index contributed by atoms with van der Waals surface area (Å²) >= 11 is 0. The molecule has 3 aromatic rings. The molecular weight excluding hydrogens is 322 g/mol. The molecule has 0 saturated carbocycles. The first kappa shape index (κ1) is 18.4. The fourth-order valence-electron chi connectivity index (χ4n) is 3.12. The van der Waals surface area contributed by atoms with Crippen LogP contribution < -0.4 is 5.43 Å². The van der Waals surface area contributed by atoms with E-state index < -0.39 is 0 Å². The van der Waals surface area contributed by atoms with E-state index >= 15 is 0 Å². The number of anilines is 1. The van der Waals surface area contributed by atoms with Gasteiger partial charge in [0.25, 0.3) is 0 Å². The third-order valence-corrected chi connectivity index (χ3v) is 6.00. The molecule has 1 heterocycles. The molecule has 2 aromatic carbocycles. The molecule has 0 amide bonds. The van der Waals surface area contributed by atoms with E-state index in [1.54, 1.807) is 0 Å². The van der Waals surface area contributed by atoms with Gasteiger partial charge in [-0.05, 0) is 47.4 Å². The normalized spacial score (nSPS) is 12.7. The molecule has 0 spiro atoms. The van der Waals surface area contributed by atoms with Crippen molar-refractivity contribution in [3.8, 4) is 5.75 Å². The van der Waals surface area contributed by atoms with E-state index in [0.717, 1.165) is 35.1 Å². The van der Waals surface area contributed by atoms with Gasteiger partial charge in [-0.1, -0.05) is 59.7 Å². The van der Waals surface area contributed by atoms with Crippen molar-refractivity contribution < 1.29 is 5.11 Å². The van der Waals surface area contributed by atoms with Crippen LogP contribution in [0.25, 0.3) is 11.0 Å². The average molecular weight is 354 g/mol. The molecule has 0 bridgehead atoms. The maximum Gasteiger partial charge on any atom is 0.144 e. The van der Waals surface area contributed by atoms with Gasteiger partial charge in [0.05, 0.1) is 11.2 Å². The van der Waals surface area contributed by atoms with Crippen LogP contribution in [0.4, 0.5) is 5.69 Å². The second-order valence-corrected chi connectivity index (χ2v) is 8.47. The van der Waals surface area contributed by atoms with Gasteiger partial charge in [0.1, 0.15) is 11.3 Å². The lowest BCUT2D eigenvalue weighted by Gasteiger charge is -2.31. The Morgan fingerprint density at radius 1 is 1.00 bits per heavy atom. The van der Waals surface area contributed by atoms with Crippen LogP contribution in [0.1, 0.15) is 65.5 Å². The van der Waals surface area contributed by atoms with Crippen LogP contribution >= 0.6 is 0 Å². The quantitative estimate of drug-likeness (QED) is 0.481. The van der Waals surface area contributed by atoms with Gasteiger partial charge in [-0.3, -0.25) is 10.5 Å². The molecule has 0 fully saturated rings. The van der Waals surface area contributed by atoms with Crippen LogP contribution in [0, 0.1) is 0 Å². The molecule has 0 aliphatic rings. The summed E-state index contributed by atoms with van der Waals surface area (Å²) in [5.41, 5.74) is 8.43. The van der Waals surface area contributed by atoms with Crippen molar-refractivity contribution in [2.24, 2.45) is 0 Å². The molecule has 140 valence electrons. The number of nitrogens with zero attached hydrogens (tertiary/aromatic N) is 1. The lowest BCUT2D eigenvalue weighted by Crippen LogP contribution is -2.23. The molecule has 0 unspecified atom stereocenters. The highest BCUT2D eigenvalue weighted by Gasteiger charge is 2.28. The molecule has 4 nitrogen and oxygen atoms in total. The van der Waals surface area contributed by atoms with E-state index in [2.05, 4.69) is 64.2 Å². The van der Waals surface area contributed by atoms with Crippen LogP contribution in [0.15, 0.2) is 36.4 Å². The van der Waals surface area contributed by atoms with E-state index in [9.17, 15) is 5.11 Å². The number of hydrogen-bond acceptors (Lipinski definition) is 2. The minimum atomic E-state index is -0.0966. The summed E-state index contributed by atoms with van der Waals surface area (Å²) in [6, 6.07) is 12.4. The Hall–Kier alpha value is -2.36. The number of phenolic OH excluding ortho intramolecular Hbond substituents is 1. The topological polar surface area (TPSA) is 53.0 Å². The zero-order valence-electron chi connectivity index (χ0n) is 16.8. The van der Waals surface area contributed by atoms with Gasteiger partial charge in [-0.2, -0.15) is 4.79 Å². The molecule has 0 aliphatic heterocycles. The predicted molar refractivity (Wildman–Crippen MR) is 110 cm³/mol. The van der Waals surface area contributed by atoms with Crippen molar-refractivity contribution in [3.05, 3.63) is 47.5 Å². The number of phenols is 1. The third-order valence-electron chi connectivity index (χ3n) is 6.00. The highest BCUT2D eigenvalue weighted by atomic mass is 16.3.